The van der Waals surface area contributed by atoms with Gasteiger partial charge in [-0.15, -0.1) is 0 Å². The van der Waals surface area contributed by atoms with Crippen LogP contribution in [0.3, 0.4) is 0 Å². The van der Waals surface area contributed by atoms with Crippen molar-refractivity contribution in [2.24, 2.45) is 5.16 Å². The van der Waals surface area contributed by atoms with E-state index in [2.05, 4.69) is 5.16 Å². The fraction of sp³-hybridized carbons (Fsp3) is 0.588. The smallest absolute Gasteiger partial charge is 0.119 e. The molecule has 1 aliphatic heterocycles. The van der Waals surface area contributed by atoms with Gasteiger partial charge in [0.25, 0.3) is 0 Å². The van der Waals surface area contributed by atoms with Crippen LogP contribution < -0.4 is 4.74 Å². The highest BCUT2D eigenvalue weighted by atomic mass is 16.6. The molecular formula is C17H23NO3. The molecule has 4 heteroatoms. The van der Waals surface area contributed by atoms with Crippen molar-refractivity contribution in [1.82, 2.24) is 0 Å². The summed E-state index contributed by atoms with van der Waals surface area (Å²) in [5.41, 5.74) is 1.67. The molecule has 0 amide bonds. The predicted octanol–water partition coefficient (Wildman–Crippen LogP) is 3.76. The lowest BCUT2D eigenvalue weighted by Crippen LogP contribution is -2.27. The number of ether oxygens (including phenoxy) is 2. The second kappa shape index (κ2) is 6.06. The summed E-state index contributed by atoms with van der Waals surface area (Å²) in [6.45, 7) is 2.39. The van der Waals surface area contributed by atoms with Crippen molar-refractivity contribution < 1.29 is 14.7 Å². The quantitative estimate of drug-likeness (QED) is 0.521. The van der Waals surface area contributed by atoms with Gasteiger partial charge in [0.1, 0.15) is 12.4 Å². The number of nitrogens with zero attached hydrogens (tertiary/aromatic N) is 1. The lowest BCUT2D eigenvalue weighted by molar-refractivity contribution is -0.0508. The maximum Gasteiger partial charge on any atom is 0.119 e. The lowest BCUT2D eigenvalue weighted by Gasteiger charge is -2.23. The number of hydrogen-bond donors (Lipinski definition) is 1. The fourth-order valence-corrected chi connectivity index (χ4v) is 3.44. The number of hydrogen-bond acceptors (Lipinski definition) is 4. The molecule has 2 fully saturated rings. The number of benzene rings is 1. The highest BCUT2D eigenvalue weighted by Gasteiger charge is 2.42. The minimum Gasteiger partial charge on any atom is -0.491 e. The first-order valence-corrected chi connectivity index (χ1v) is 7.80. The van der Waals surface area contributed by atoms with E-state index in [0.29, 0.717) is 12.3 Å². The summed E-state index contributed by atoms with van der Waals surface area (Å²) < 4.78 is 12.1. The van der Waals surface area contributed by atoms with Crippen LogP contribution in [0, 0.1) is 0 Å². The highest BCUT2D eigenvalue weighted by molar-refractivity contribution is 5.98. The van der Waals surface area contributed by atoms with Crippen LogP contribution in [0.5, 0.6) is 5.75 Å². The van der Waals surface area contributed by atoms with Crippen LogP contribution in [0.1, 0.15) is 51.0 Å². The lowest BCUT2D eigenvalue weighted by atomic mass is 9.98. The minimum absolute atomic E-state index is 0.173. The molecule has 21 heavy (non-hydrogen) atoms. The van der Waals surface area contributed by atoms with Crippen LogP contribution in [0.25, 0.3) is 0 Å². The van der Waals surface area contributed by atoms with Gasteiger partial charge in [-0.25, -0.2) is 0 Å². The molecule has 114 valence electrons. The first-order chi connectivity index (χ1) is 10.2. The van der Waals surface area contributed by atoms with Crippen molar-refractivity contribution in [3.63, 3.8) is 0 Å². The van der Waals surface area contributed by atoms with E-state index in [-0.39, 0.29) is 11.7 Å². The molecule has 1 atom stereocenters. The summed E-state index contributed by atoms with van der Waals surface area (Å²) >= 11 is 0. The molecule has 0 aromatic heterocycles. The van der Waals surface area contributed by atoms with E-state index in [4.69, 9.17) is 14.7 Å². The zero-order valence-corrected chi connectivity index (χ0v) is 12.5. The van der Waals surface area contributed by atoms with Gasteiger partial charge in [0.15, 0.2) is 0 Å². The maximum atomic E-state index is 8.75. The van der Waals surface area contributed by atoms with E-state index in [1.165, 1.54) is 32.1 Å². The Morgan fingerprint density at radius 3 is 2.67 bits per heavy atom. The summed E-state index contributed by atoms with van der Waals surface area (Å²) in [6, 6.07) is 7.62. The van der Waals surface area contributed by atoms with Crippen LogP contribution in [0.15, 0.2) is 29.4 Å². The zero-order chi connectivity index (χ0) is 14.7. The Hall–Kier alpha value is -1.55. The molecule has 0 radical (unpaired) electrons. The van der Waals surface area contributed by atoms with Gasteiger partial charge in [-0.3, -0.25) is 0 Å². The number of oxime groups is 1. The van der Waals surface area contributed by atoms with Crippen LogP contribution in [-0.2, 0) is 4.74 Å². The van der Waals surface area contributed by atoms with E-state index >= 15 is 0 Å². The van der Waals surface area contributed by atoms with Gasteiger partial charge in [-0.1, -0.05) is 18.0 Å². The first kappa shape index (κ1) is 14.4. The predicted molar refractivity (Wildman–Crippen MR) is 81.2 cm³/mol. The molecule has 4 nitrogen and oxygen atoms in total. The molecule has 1 aliphatic carbocycles. The average molecular weight is 289 g/mol. The number of rotatable bonds is 4. The van der Waals surface area contributed by atoms with Crippen molar-refractivity contribution >= 4 is 5.71 Å². The van der Waals surface area contributed by atoms with Gasteiger partial charge >= 0.3 is 0 Å². The Kier molecular flexibility index (Phi) is 4.15. The van der Waals surface area contributed by atoms with Crippen molar-refractivity contribution in [2.45, 2.75) is 57.2 Å². The summed E-state index contributed by atoms with van der Waals surface area (Å²) in [6.07, 6.45) is 7.57. The Labute approximate surface area is 125 Å². The molecule has 1 saturated heterocycles. The molecule has 2 aliphatic rings. The van der Waals surface area contributed by atoms with Gasteiger partial charge in [0.2, 0.25) is 0 Å². The molecule has 3 rings (SSSR count). The molecule has 1 saturated carbocycles. The van der Waals surface area contributed by atoms with Gasteiger partial charge in [-0.2, -0.15) is 0 Å². The fourth-order valence-electron chi connectivity index (χ4n) is 3.44. The van der Waals surface area contributed by atoms with E-state index in [9.17, 15) is 0 Å². The molecular weight excluding hydrogens is 266 g/mol. The molecule has 1 aromatic rings. The van der Waals surface area contributed by atoms with Crippen LogP contribution in [0.4, 0.5) is 0 Å². The topological polar surface area (TPSA) is 51.1 Å². The van der Waals surface area contributed by atoms with Crippen LogP contribution in [0.2, 0.25) is 0 Å². The minimum atomic E-state index is 0.173. The largest absolute Gasteiger partial charge is 0.491 e. The second-order valence-electron chi connectivity index (χ2n) is 6.19. The normalized spacial score (nSPS) is 24.6. The Bertz CT molecular complexity index is 503. The van der Waals surface area contributed by atoms with Crippen molar-refractivity contribution in [3.05, 3.63) is 29.8 Å². The van der Waals surface area contributed by atoms with Crippen molar-refractivity contribution in [2.75, 3.05) is 6.61 Å². The zero-order valence-electron chi connectivity index (χ0n) is 12.5. The van der Waals surface area contributed by atoms with E-state index in [1.807, 2.05) is 24.3 Å². The third-order valence-electron chi connectivity index (χ3n) is 4.71. The Balaban J connectivity index is 1.51. The second-order valence-corrected chi connectivity index (χ2v) is 6.19. The molecule has 1 aromatic carbocycles. The Morgan fingerprint density at radius 2 is 2.00 bits per heavy atom. The SMILES string of the molecule is C/C(=N/O)c1ccc(OCC2CCC3(CCCC3)O2)cc1. The molecule has 1 heterocycles. The summed E-state index contributed by atoms with van der Waals surface area (Å²) in [5, 5.41) is 11.9. The van der Waals surface area contributed by atoms with E-state index in [1.54, 1.807) is 6.92 Å². The monoisotopic (exact) mass is 289 g/mol. The Morgan fingerprint density at radius 1 is 1.29 bits per heavy atom. The summed E-state index contributed by atoms with van der Waals surface area (Å²) in [7, 11) is 0. The third kappa shape index (κ3) is 3.21. The standard InChI is InChI=1S/C17H23NO3/c1-13(18-19)14-4-6-15(7-5-14)20-12-16-8-11-17(21-16)9-2-3-10-17/h4-7,16,19H,2-3,8-12H2,1H3/b18-13-. The van der Waals surface area contributed by atoms with Crippen molar-refractivity contribution in [3.8, 4) is 5.75 Å². The van der Waals surface area contributed by atoms with Crippen LogP contribution >= 0.6 is 0 Å². The summed E-state index contributed by atoms with van der Waals surface area (Å²) in [5.74, 6) is 0.834. The average Bonchev–Trinajstić information content (AvgIpc) is 3.15. The highest BCUT2D eigenvalue weighted by Crippen LogP contribution is 2.43. The molecule has 1 spiro atoms. The van der Waals surface area contributed by atoms with Gasteiger partial charge in [0, 0.05) is 0 Å². The molecule has 1 N–H and O–H groups in total. The van der Waals surface area contributed by atoms with Gasteiger partial charge in [-0.05, 0) is 62.4 Å². The van der Waals surface area contributed by atoms with Crippen LogP contribution in [-0.4, -0.2) is 29.2 Å². The molecule has 1 unspecified atom stereocenters. The first-order valence-electron chi connectivity index (χ1n) is 7.80. The maximum absolute atomic E-state index is 8.75. The summed E-state index contributed by atoms with van der Waals surface area (Å²) in [4.78, 5) is 0. The van der Waals surface area contributed by atoms with E-state index < -0.39 is 0 Å². The van der Waals surface area contributed by atoms with Gasteiger partial charge < -0.3 is 14.7 Å². The van der Waals surface area contributed by atoms with E-state index in [0.717, 1.165) is 17.7 Å². The van der Waals surface area contributed by atoms with Crippen molar-refractivity contribution in [1.29, 1.82) is 0 Å². The molecule has 0 bridgehead atoms. The van der Waals surface area contributed by atoms with Gasteiger partial charge in [0.05, 0.1) is 17.4 Å². The third-order valence-corrected chi connectivity index (χ3v) is 4.71.